The minimum Gasteiger partial charge on any atom is -0.355 e. The number of unbranched alkanes of at least 4 members (excludes halogenated alkanes) is 1. The quantitative estimate of drug-likeness (QED) is 0.556. The fourth-order valence-corrected chi connectivity index (χ4v) is 4.38. The molecule has 1 aliphatic heterocycles. The van der Waals surface area contributed by atoms with Gasteiger partial charge in [-0.15, -0.1) is 0 Å². The van der Waals surface area contributed by atoms with Crippen molar-refractivity contribution in [3.8, 4) is 0 Å². The number of carbonyl (C=O) groups is 2. The molecule has 1 aliphatic rings. The first-order chi connectivity index (χ1) is 10.2. The van der Waals surface area contributed by atoms with Crippen LogP contribution in [0.25, 0.3) is 0 Å². The van der Waals surface area contributed by atoms with E-state index in [2.05, 4.69) is 5.32 Å². The van der Waals surface area contributed by atoms with Crippen molar-refractivity contribution in [3.63, 3.8) is 0 Å². The van der Waals surface area contributed by atoms with Crippen LogP contribution in [0.4, 0.5) is 0 Å². The Bertz CT molecular complexity index is 514. The number of nitrogens with zero attached hydrogens (tertiary/aromatic N) is 1. The molecule has 1 heterocycles. The lowest BCUT2D eigenvalue weighted by Crippen LogP contribution is -2.53. The van der Waals surface area contributed by atoms with Crippen LogP contribution < -0.4 is 5.32 Å². The zero-order valence-corrected chi connectivity index (χ0v) is 14.8. The van der Waals surface area contributed by atoms with E-state index in [1.807, 2.05) is 13.8 Å². The van der Waals surface area contributed by atoms with E-state index in [1.54, 1.807) is 18.7 Å². The number of nitrogens with one attached hydrogen (secondary N) is 1. The molecule has 1 atom stereocenters. The molecule has 1 fully saturated rings. The van der Waals surface area contributed by atoms with E-state index in [9.17, 15) is 18.0 Å². The third-order valence-corrected chi connectivity index (χ3v) is 5.92. The van der Waals surface area contributed by atoms with Gasteiger partial charge in [-0.2, -0.15) is 0 Å². The summed E-state index contributed by atoms with van der Waals surface area (Å²) in [6, 6.07) is -0.315. The van der Waals surface area contributed by atoms with E-state index in [0.29, 0.717) is 19.5 Å². The fraction of sp³-hybridized carbons (Fsp3) is 0.867. The predicted octanol–water partition coefficient (Wildman–Crippen LogP) is 0.965. The van der Waals surface area contributed by atoms with Gasteiger partial charge in [-0.3, -0.25) is 9.59 Å². The smallest absolute Gasteiger partial charge is 0.237 e. The second-order valence-corrected chi connectivity index (χ2v) is 8.61. The van der Waals surface area contributed by atoms with E-state index in [4.69, 9.17) is 0 Å². The van der Waals surface area contributed by atoms with Crippen LogP contribution in [0.3, 0.4) is 0 Å². The molecule has 22 heavy (non-hydrogen) atoms. The summed E-state index contributed by atoms with van der Waals surface area (Å²) < 4.78 is 23.2. The molecule has 0 spiro atoms. The van der Waals surface area contributed by atoms with Gasteiger partial charge in [-0.1, -0.05) is 13.3 Å². The molecule has 7 heteroatoms. The molecular formula is C15H28N2O4S. The van der Waals surface area contributed by atoms with Crippen LogP contribution in [0.15, 0.2) is 0 Å². The van der Waals surface area contributed by atoms with Crippen molar-refractivity contribution >= 4 is 21.7 Å². The Morgan fingerprint density at radius 1 is 1.27 bits per heavy atom. The molecule has 1 N–H and O–H groups in total. The Kier molecular flexibility index (Phi) is 6.40. The van der Waals surface area contributed by atoms with Crippen molar-refractivity contribution in [1.82, 2.24) is 10.2 Å². The van der Waals surface area contributed by atoms with Crippen molar-refractivity contribution in [2.45, 2.75) is 53.0 Å². The van der Waals surface area contributed by atoms with Gasteiger partial charge in [0, 0.05) is 19.1 Å². The van der Waals surface area contributed by atoms with E-state index in [-0.39, 0.29) is 29.4 Å². The van der Waals surface area contributed by atoms with Crippen LogP contribution in [0, 0.1) is 5.41 Å². The number of hydrogen-bond acceptors (Lipinski definition) is 4. The third-order valence-electron chi connectivity index (χ3n) is 4.17. The van der Waals surface area contributed by atoms with Gasteiger partial charge >= 0.3 is 0 Å². The van der Waals surface area contributed by atoms with Gasteiger partial charge in [0.1, 0.15) is 5.41 Å². The molecule has 6 nitrogen and oxygen atoms in total. The maximum Gasteiger partial charge on any atom is 0.237 e. The van der Waals surface area contributed by atoms with E-state index in [0.717, 1.165) is 12.8 Å². The summed E-state index contributed by atoms with van der Waals surface area (Å²) in [5.74, 6) is -0.485. The number of rotatable bonds is 7. The predicted molar refractivity (Wildman–Crippen MR) is 86.1 cm³/mol. The van der Waals surface area contributed by atoms with Gasteiger partial charge in [-0.05, 0) is 33.6 Å². The molecule has 0 aromatic carbocycles. The fourth-order valence-electron chi connectivity index (χ4n) is 2.64. The molecule has 2 amide bonds. The molecule has 1 saturated heterocycles. The lowest BCUT2D eigenvalue weighted by molar-refractivity contribution is -0.149. The first kappa shape index (κ1) is 18.9. The Labute approximate surface area is 133 Å². The molecule has 0 aromatic rings. The summed E-state index contributed by atoms with van der Waals surface area (Å²) in [6.07, 6.45) is 2.29. The van der Waals surface area contributed by atoms with Crippen LogP contribution in [0.2, 0.25) is 0 Å². The van der Waals surface area contributed by atoms with E-state index >= 15 is 0 Å². The largest absolute Gasteiger partial charge is 0.355 e. The summed E-state index contributed by atoms with van der Waals surface area (Å²) in [7, 11) is -3.06. The lowest BCUT2D eigenvalue weighted by atomic mass is 9.89. The summed E-state index contributed by atoms with van der Waals surface area (Å²) in [5.41, 5.74) is -1.18. The lowest BCUT2D eigenvalue weighted by Gasteiger charge is -2.34. The van der Waals surface area contributed by atoms with Gasteiger partial charge in [0.2, 0.25) is 11.8 Å². The zero-order chi connectivity index (χ0) is 17.0. The highest BCUT2D eigenvalue weighted by molar-refractivity contribution is 7.91. The van der Waals surface area contributed by atoms with Gasteiger partial charge in [0.15, 0.2) is 9.84 Å². The highest BCUT2D eigenvalue weighted by atomic mass is 32.2. The van der Waals surface area contributed by atoms with Crippen LogP contribution in [0.1, 0.15) is 47.0 Å². The monoisotopic (exact) mass is 332 g/mol. The summed E-state index contributed by atoms with van der Waals surface area (Å²) >= 11 is 0. The van der Waals surface area contributed by atoms with Gasteiger partial charge in [0.25, 0.3) is 0 Å². The van der Waals surface area contributed by atoms with Gasteiger partial charge in [0.05, 0.1) is 11.5 Å². The highest BCUT2D eigenvalue weighted by Gasteiger charge is 2.43. The maximum atomic E-state index is 12.7. The van der Waals surface area contributed by atoms with Gasteiger partial charge < -0.3 is 10.2 Å². The van der Waals surface area contributed by atoms with Crippen LogP contribution in [-0.4, -0.2) is 55.8 Å². The second kappa shape index (κ2) is 7.44. The van der Waals surface area contributed by atoms with Crippen molar-refractivity contribution in [2.24, 2.45) is 5.41 Å². The number of carbonyl (C=O) groups excluding carboxylic acids is 2. The van der Waals surface area contributed by atoms with Crippen molar-refractivity contribution < 1.29 is 18.0 Å². The average Bonchev–Trinajstić information content (AvgIpc) is 2.79. The Morgan fingerprint density at radius 3 is 2.36 bits per heavy atom. The molecule has 128 valence electrons. The molecule has 0 aromatic heterocycles. The molecule has 0 bridgehead atoms. The molecule has 1 unspecified atom stereocenters. The Morgan fingerprint density at radius 2 is 1.91 bits per heavy atom. The normalized spacial score (nSPS) is 20.6. The summed E-state index contributed by atoms with van der Waals surface area (Å²) in [4.78, 5) is 26.6. The van der Waals surface area contributed by atoms with Crippen molar-refractivity contribution in [3.05, 3.63) is 0 Å². The maximum absolute atomic E-state index is 12.7. The van der Waals surface area contributed by atoms with Crippen LogP contribution in [-0.2, 0) is 19.4 Å². The van der Waals surface area contributed by atoms with E-state index < -0.39 is 15.3 Å². The van der Waals surface area contributed by atoms with Crippen LogP contribution >= 0.6 is 0 Å². The van der Waals surface area contributed by atoms with Gasteiger partial charge in [-0.25, -0.2) is 8.42 Å². The summed E-state index contributed by atoms with van der Waals surface area (Å²) in [5, 5.41) is 2.79. The molecule has 1 rings (SSSR count). The summed E-state index contributed by atoms with van der Waals surface area (Å²) in [6.45, 7) is 8.00. The standard InChI is InChI=1S/C15H28N2O4S/c1-5-7-9-16-13(18)15(3,4)14(19)17(6-2)12-8-10-22(20,21)11-12/h12H,5-11H2,1-4H3,(H,16,18). The highest BCUT2D eigenvalue weighted by Crippen LogP contribution is 2.25. The number of sulfone groups is 1. The van der Waals surface area contributed by atoms with Crippen LogP contribution in [0.5, 0.6) is 0 Å². The topological polar surface area (TPSA) is 83.6 Å². The first-order valence-electron chi connectivity index (χ1n) is 7.95. The number of hydrogen-bond donors (Lipinski definition) is 1. The minimum absolute atomic E-state index is 0.000113. The zero-order valence-electron chi connectivity index (χ0n) is 14.0. The van der Waals surface area contributed by atoms with Crippen molar-refractivity contribution in [1.29, 1.82) is 0 Å². The molecule has 0 aliphatic carbocycles. The average molecular weight is 332 g/mol. The SMILES string of the molecule is CCCCNC(=O)C(C)(C)C(=O)N(CC)C1CCS(=O)(=O)C1. The van der Waals surface area contributed by atoms with Crippen molar-refractivity contribution in [2.75, 3.05) is 24.6 Å². The molecular weight excluding hydrogens is 304 g/mol. The Hall–Kier alpha value is -1.11. The molecule has 0 saturated carbocycles. The Balaban J connectivity index is 2.79. The van der Waals surface area contributed by atoms with E-state index in [1.165, 1.54) is 0 Å². The minimum atomic E-state index is -3.06. The third kappa shape index (κ3) is 4.44. The second-order valence-electron chi connectivity index (χ2n) is 6.38. The first-order valence-corrected chi connectivity index (χ1v) is 9.77. The molecule has 0 radical (unpaired) electrons. The number of amides is 2.